The van der Waals surface area contributed by atoms with E-state index in [0.717, 1.165) is 29.7 Å². The van der Waals surface area contributed by atoms with Gasteiger partial charge in [0.05, 0.1) is 12.0 Å². The van der Waals surface area contributed by atoms with Gasteiger partial charge in [0, 0.05) is 18.8 Å². The van der Waals surface area contributed by atoms with Gasteiger partial charge in [0.1, 0.15) is 0 Å². The molecule has 4 rings (SSSR count). The minimum atomic E-state index is -3.68. The largest absolute Gasteiger partial charge is 0.493 e. The summed E-state index contributed by atoms with van der Waals surface area (Å²) in [5.74, 6) is 1.00. The molecule has 0 radical (unpaired) electrons. The Balaban J connectivity index is 1.27. The number of sulfonamides is 1. The van der Waals surface area contributed by atoms with Crippen LogP contribution in [-0.4, -0.2) is 41.1 Å². The number of para-hydroxylation sites is 1. The third-order valence-corrected chi connectivity index (χ3v) is 6.87. The molecule has 1 amide bonds. The SMILES string of the molecule is COc1cc(CNCCc2ccc(S(N)(=O)=O)cc2)ccc1OCC(=O)N1CCc2ccccc21. The molecule has 9 heteroatoms. The Morgan fingerprint density at radius 2 is 1.77 bits per heavy atom. The van der Waals surface area contributed by atoms with Crippen molar-refractivity contribution in [3.63, 3.8) is 0 Å². The summed E-state index contributed by atoms with van der Waals surface area (Å²) in [5, 5.41) is 8.49. The lowest BCUT2D eigenvalue weighted by Gasteiger charge is -2.18. The lowest BCUT2D eigenvalue weighted by Crippen LogP contribution is -2.33. The van der Waals surface area contributed by atoms with Gasteiger partial charge in [0.25, 0.3) is 5.91 Å². The molecule has 35 heavy (non-hydrogen) atoms. The Morgan fingerprint density at radius 3 is 2.51 bits per heavy atom. The fourth-order valence-electron chi connectivity index (χ4n) is 4.07. The standard InChI is InChI=1S/C26H29N3O5S/c1-33-25-16-20(17-28-14-12-19-6-9-22(10-7-19)35(27,31)32)8-11-24(25)34-18-26(30)29-15-13-21-4-2-3-5-23(21)29/h2-11,16,28H,12-15,17-18H2,1H3,(H2,27,31,32). The first-order valence-corrected chi connectivity index (χ1v) is 12.9. The van der Waals surface area contributed by atoms with Crippen LogP contribution < -0.4 is 24.8 Å². The second kappa shape index (κ2) is 10.9. The van der Waals surface area contributed by atoms with Gasteiger partial charge in [-0.05, 0) is 66.4 Å². The number of fused-ring (bicyclic) bond motifs is 1. The van der Waals surface area contributed by atoms with E-state index in [-0.39, 0.29) is 17.4 Å². The van der Waals surface area contributed by atoms with Gasteiger partial charge in [-0.1, -0.05) is 36.4 Å². The van der Waals surface area contributed by atoms with E-state index in [1.54, 1.807) is 24.1 Å². The van der Waals surface area contributed by atoms with E-state index in [1.807, 2.05) is 42.5 Å². The summed E-state index contributed by atoms with van der Waals surface area (Å²) in [5.41, 5.74) is 4.15. The number of nitrogens with one attached hydrogen (secondary N) is 1. The fraction of sp³-hybridized carbons (Fsp3) is 0.269. The topological polar surface area (TPSA) is 111 Å². The van der Waals surface area contributed by atoms with Crippen LogP contribution in [0.2, 0.25) is 0 Å². The minimum Gasteiger partial charge on any atom is -0.493 e. The molecule has 3 aromatic rings. The van der Waals surface area contributed by atoms with Crippen molar-refractivity contribution in [1.82, 2.24) is 5.32 Å². The van der Waals surface area contributed by atoms with Crippen LogP contribution in [0.4, 0.5) is 5.69 Å². The molecule has 0 bridgehead atoms. The van der Waals surface area contributed by atoms with Gasteiger partial charge < -0.3 is 19.7 Å². The maximum absolute atomic E-state index is 12.7. The second-order valence-electron chi connectivity index (χ2n) is 8.31. The van der Waals surface area contributed by atoms with Crippen molar-refractivity contribution in [3.05, 3.63) is 83.4 Å². The van der Waals surface area contributed by atoms with Crippen LogP contribution in [0.3, 0.4) is 0 Å². The van der Waals surface area contributed by atoms with Crippen LogP contribution in [0.25, 0.3) is 0 Å². The van der Waals surface area contributed by atoms with Gasteiger partial charge in [-0.15, -0.1) is 0 Å². The number of hydrogen-bond acceptors (Lipinski definition) is 6. The highest BCUT2D eigenvalue weighted by Gasteiger charge is 2.24. The number of carbonyl (C=O) groups excluding carboxylic acids is 1. The molecule has 0 fully saturated rings. The molecule has 1 aliphatic rings. The molecule has 0 unspecified atom stereocenters. The van der Waals surface area contributed by atoms with E-state index >= 15 is 0 Å². The van der Waals surface area contributed by atoms with Crippen molar-refractivity contribution in [2.24, 2.45) is 5.14 Å². The zero-order valence-corrected chi connectivity index (χ0v) is 20.4. The summed E-state index contributed by atoms with van der Waals surface area (Å²) in [4.78, 5) is 14.6. The average molecular weight is 496 g/mol. The van der Waals surface area contributed by atoms with Crippen molar-refractivity contribution in [2.45, 2.75) is 24.3 Å². The molecule has 3 N–H and O–H groups in total. The van der Waals surface area contributed by atoms with Gasteiger partial charge >= 0.3 is 0 Å². The second-order valence-corrected chi connectivity index (χ2v) is 9.88. The molecular weight excluding hydrogens is 466 g/mol. The van der Waals surface area contributed by atoms with Gasteiger partial charge in [-0.25, -0.2) is 13.6 Å². The normalized spacial score (nSPS) is 12.9. The molecule has 0 aliphatic carbocycles. The van der Waals surface area contributed by atoms with Crippen molar-refractivity contribution in [3.8, 4) is 11.5 Å². The van der Waals surface area contributed by atoms with Crippen LogP contribution in [0, 0.1) is 0 Å². The molecule has 0 aromatic heterocycles. The van der Waals surface area contributed by atoms with Crippen LogP contribution >= 0.6 is 0 Å². The Labute approximate surface area is 205 Å². The number of ether oxygens (including phenoxy) is 2. The van der Waals surface area contributed by atoms with E-state index in [0.29, 0.717) is 31.1 Å². The number of nitrogens with two attached hydrogens (primary N) is 1. The Hall–Kier alpha value is -3.40. The highest BCUT2D eigenvalue weighted by Crippen LogP contribution is 2.30. The summed E-state index contributed by atoms with van der Waals surface area (Å²) < 4.78 is 34.0. The van der Waals surface area contributed by atoms with E-state index < -0.39 is 10.0 Å². The summed E-state index contributed by atoms with van der Waals surface area (Å²) in [6.45, 7) is 1.93. The molecule has 0 atom stereocenters. The smallest absolute Gasteiger partial charge is 0.264 e. The first-order chi connectivity index (χ1) is 16.8. The van der Waals surface area contributed by atoms with Crippen molar-refractivity contribution in [1.29, 1.82) is 0 Å². The molecule has 3 aromatic carbocycles. The van der Waals surface area contributed by atoms with Crippen molar-refractivity contribution < 1.29 is 22.7 Å². The molecule has 8 nitrogen and oxygen atoms in total. The van der Waals surface area contributed by atoms with E-state index in [9.17, 15) is 13.2 Å². The van der Waals surface area contributed by atoms with Crippen molar-refractivity contribution >= 4 is 21.6 Å². The number of rotatable bonds is 10. The Kier molecular flexibility index (Phi) is 7.70. The van der Waals surface area contributed by atoms with Gasteiger partial charge in [-0.2, -0.15) is 0 Å². The first kappa shape index (κ1) is 24.7. The number of methoxy groups -OCH3 is 1. The lowest BCUT2D eigenvalue weighted by atomic mass is 10.1. The summed E-state index contributed by atoms with van der Waals surface area (Å²) >= 11 is 0. The monoisotopic (exact) mass is 495 g/mol. The summed E-state index contributed by atoms with van der Waals surface area (Å²) in [6, 6.07) is 20.1. The lowest BCUT2D eigenvalue weighted by molar-refractivity contribution is -0.120. The van der Waals surface area contributed by atoms with E-state index in [4.69, 9.17) is 14.6 Å². The fourth-order valence-corrected chi connectivity index (χ4v) is 4.58. The maximum Gasteiger partial charge on any atom is 0.264 e. The zero-order chi connectivity index (χ0) is 24.8. The van der Waals surface area contributed by atoms with Crippen LogP contribution in [0.15, 0.2) is 71.6 Å². The predicted octanol–water partition coefficient (Wildman–Crippen LogP) is 2.64. The third-order valence-electron chi connectivity index (χ3n) is 5.94. The number of nitrogens with zero attached hydrogens (tertiary/aromatic N) is 1. The van der Waals surface area contributed by atoms with Crippen LogP contribution in [0.1, 0.15) is 16.7 Å². The Bertz CT molecular complexity index is 1290. The molecule has 0 saturated carbocycles. The first-order valence-electron chi connectivity index (χ1n) is 11.4. The molecule has 0 saturated heterocycles. The number of benzene rings is 3. The number of amides is 1. The number of primary sulfonamides is 1. The van der Waals surface area contributed by atoms with Gasteiger partial charge in [0.15, 0.2) is 18.1 Å². The van der Waals surface area contributed by atoms with Gasteiger partial charge in [0.2, 0.25) is 10.0 Å². The van der Waals surface area contributed by atoms with E-state index in [1.165, 1.54) is 17.7 Å². The maximum atomic E-state index is 12.7. The predicted molar refractivity (Wildman–Crippen MR) is 134 cm³/mol. The molecule has 184 valence electrons. The summed E-state index contributed by atoms with van der Waals surface area (Å²) in [7, 11) is -2.10. The average Bonchev–Trinajstić information content (AvgIpc) is 3.29. The number of carbonyl (C=O) groups is 1. The van der Waals surface area contributed by atoms with Crippen molar-refractivity contribution in [2.75, 3.05) is 31.7 Å². The molecule has 0 spiro atoms. The minimum absolute atomic E-state index is 0.0630. The number of anilines is 1. The highest BCUT2D eigenvalue weighted by molar-refractivity contribution is 7.89. The zero-order valence-electron chi connectivity index (χ0n) is 19.6. The van der Waals surface area contributed by atoms with Crippen LogP contribution in [-0.2, 0) is 34.2 Å². The van der Waals surface area contributed by atoms with E-state index in [2.05, 4.69) is 5.32 Å². The van der Waals surface area contributed by atoms with Crippen LogP contribution in [0.5, 0.6) is 11.5 Å². The summed E-state index contributed by atoms with van der Waals surface area (Å²) in [6.07, 6.45) is 1.60. The third kappa shape index (κ3) is 6.19. The number of hydrogen-bond donors (Lipinski definition) is 2. The quantitative estimate of drug-likeness (QED) is 0.419. The highest BCUT2D eigenvalue weighted by atomic mass is 32.2. The van der Waals surface area contributed by atoms with Gasteiger partial charge in [-0.3, -0.25) is 4.79 Å². The molecule has 1 heterocycles. The molecule has 1 aliphatic heterocycles. The Morgan fingerprint density at radius 1 is 1.03 bits per heavy atom. The molecular formula is C26H29N3O5S.